The van der Waals surface area contributed by atoms with Gasteiger partial charge in [0.05, 0.1) is 0 Å². The second-order valence-electron chi connectivity index (χ2n) is 5.59. The minimum absolute atomic E-state index is 0.0436. The minimum atomic E-state index is -4.69. The molecule has 0 aliphatic carbocycles. The quantitative estimate of drug-likeness (QED) is 0.907. The Hall–Kier alpha value is -1.76. The van der Waals surface area contributed by atoms with Gasteiger partial charge >= 0.3 is 6.36 Å². The van der Waals surface area contributed by atoms with Crippen LogP contribution in [0.15, 0.2) is 24.3 Å². The summed E-state index contributed by atoms with van der Waals surface area (Å²) in [7, 11) is 1.70. The first-order chi connectivity index (χ1) is 10.3. The highest BCUT2D eigenvalue weighted by Crippen LogP contribution is 2.23. The molecule has 22 heavy (non-hydrogen) atoms. The molecule has 0 radical (unpaired) electrons. The van der Waals surface area contributed by atoms with E-state index in [4.69, 9.17) is 0 Å². The van der Waals surface area contributed by atoms with Gasteiger partial charge in [0.2, 0.25) is 5.91 Å². The number of carbonyl (C=O) groups is 1. The second-order valence-corrected chi connectivity index (χ2v) is 5.59. The summed E-state index contributed by atoms with van der Waals surface area (Å²) >= 11 is 0. The molecule has 1 unspecified atom stereocenters. The SMILES string of the molecule is CC(C(=O)N(C)Cc1ccc(OC(F)(F)F)cc1)C1CNC1. The van der Waals surface area contributed by atoms with E-state index in [-0.39, 0.29) is 17.6 Å². The lowest BCUT2D eigenvalue weighted by Gasteiger charge is -2.34. The lowest BCUT2D eigenvalue weighted by atomic mass is 9.88. The molecule has 0 bridgehead atoms. The predicted molar refractivity (Wildman–Crippen MR) is 75.1 cm³/mol. The lowest BCUT2D eigenvalue weighted by molar-refractivity contribution is -0.274. The maximum absolute atomic E-state index is 12.3. The predicted octanol–water partition coefficient (Wildman–Crippen LogP) is 2.40. The molecule has 122 valence electrons. The van der Waals surface area contributed by atoms with Crippen LogP contribution in [0, 0.1) is 11.8 Å². The van der Waals surface area contributed by atoms with Gasteiger partial charge < -0.3 is 15.0 Å². The van der Waals surface area contributed by atoms with Crippen LogP contribution in [0.1, 0.15) is 12.5 Å². The molecule has 1 heterocycles. The molecule has 1 saturated heterocycles. The highest BCUT2D eigenvalue weighted by atomic mass is 19.4. The van der Waals surface area contributed by atoms with Gasteiger partial charge in [0.1, 0.15) is 5.75 Å². The smallest absolute Gasteiger partial charge is 0.406 e. The van der Waals surface area contributed by atoms with Gasteiger partial charge in [0.15, 0.2) is 0 Å². The zero-order valence-electron chi connectivity index (χ0n) is 12.5. The molecular weight excluding hydrogens is 297 g/mol. The van der Waals surface area contributed by atoms with Crippen molar-refractivity contribution in [3.63, 3.8) is 0 Å². The average molecular weight is 316 g/mol. The summed E-state index contributed by atoms with van der Waals surface area (Å²) < 4.78 is 40.1. The molecule has 1 aromatic carbocycles. The number of halogens is 3. The molecule has 1 N–H and O–H groups in total. The highest BCUT2D eigenvalue weighted by molar-refractivity contribution is 5.78. The van der Waals surface area contributed by atoms with Gasteiger partial charge in [-0.05, 0) is 36.7 Å². The molecule has 1 aliphatic rings. The van der Waals surface area contributed by atoms with Crippen molar-refractivity contribution < 1.29 is 22.7 Å². The van der Waals surface area contributed by atoms with E-state index in [0.29, 0.717) is 12.5 Å². The molecule has 4 nitrogen and oxygen atoms in total. The van der Waals surface area contributed by atoms with E-state index in [2.05, 4.69) is 10.1 Å². The van der Waals surface area contributed by atoms with Gasteiger partial charge in [-0.15, -0.1) is 13.2 Å². The lowest BCUT2D eigenvalue weighted by Crippen LogP contribution is -2.49. The largest absolute Gasteiger partial charge is 0.573 e. The van der Waals surface area contributed by atoms with Gasteiger partial charge in [0.25, 0.3) is 0 Å². The Morgan fingerprint density at radius 3 is 2.41 bits per heavy atom. The van der Waals surface area contributed by atoms with E-state index in [1.54, 1.807) is 11.9 Å². The fourth-order valence-corrected chi connectivity index (χ4v) is 2.36. The molecule has 0 saturated carbocycles. The highest BCUT2D eigenvalue weighted by Gasteiger charge is 2.31. The van der Waals surface area contributed by atoms with Crippen molar-refractivity contribution in [2.45, 2.75) is 19.8 Å². The summed E-state index contributed by atoms with van der Waals surface area (Å²) in [5.74, 6) is 0.0813. The topological polar surface area (TPSA) is 41.6 Å². The summed E-state index contributed by atoms with van der Waals surface area (Å²) in [6.45, 7) is 3.97. The number of carbonyl (C=O) groups excluding carboxylic acids is 1. The number of hydrogen-bond donors (Lipinski definition) is 1. The summed E-state index contributed by atoms with van der Waals surface area (Å²) in [4.78, 5) is 13.9. The molecule has 7 heteroatoms. The molecule has 1 atom stereocenters. The van der Waals surface area contributed by atoms with Crippen LogP contribution in [0.2, 0.25) is 0 Å². The van der Waals surface area contributed by atoms with Gasteiger partial charge in [-0.1, -0.05) is 19.1 Å². The summed E-state index contributed by atoms with van der Waals surface area (Å²) in [5.41, 5.74) is 0.754. The third-order valence-corrected chi connectivity index (χ3v) is 3.86. The van der Waals surface area contributed by atoms with Crippen molar-refractivity contribution in [1.82, 2.24) is 10.2 Å². The normalized spacial score (nSPS) is 16.8. The number of alkyl halides is 3. The van der Waals surface area contributed by atoms with Crippen LogP contribution in [0.5, 0.6) is 5.75 Å². The van der Waals surface area contributed by atoms with E-state index in [9.17, 15) is 18.0 Å². The summed E-state index contributed by atoms with van der Waals surface area (Å²) in [5, 5.41) is 3.13. The van der Waals surface area contributed by atoms with Crippen LogP contribution < -0.4 is 10.1 Å². The van der Waals surface area contributed by atoms with Crippen LogP contribution in [-0.2, 0) is 11.3 Å². The van der Waals surface area contributed by atoms with Gasteiger partial charge in [-0.2, -0.15) is 0 Å². The fourth-order valence-electron chi connectivity index (χ4n) is 2.36. The number of rotatable bonds is 5. The van der Waals surface area contributed by atoms with Gasteiger partial charge in [-0.3, -0.25) is 4.79 Å². The van der Waals surface area contributed by atoms with Crippen LogP contribution in [-0.4, -0.2) is 37.3 Å². The van der Waals surface area contributed by atoms with E-state index in [1.807, 2.05) is 6.92 Å². The third kappa shape index (κ3) is 4.37. The Morgan fingerprint density at radius 1 is 1.36 bits per heavy atom. The van der Waals surface area contributed by atoms with Crippen molar-refractivity contribution in [3.05, 3.63) is 29.8 Å². The van der Waals surface area contributed by atoms with E-state index in [1.165, 1.54) is 24.3 Å². The van der Waals surface area contributed by atoms with Crippen molar-refractivity contribution in [3.8, 4) is 5.75 Å². The number of nitrogens with zero attached hydrogens (tertiary/aromatic N) is 1. The van der Waals surface area contributed by atoms with Crippen LogP contribution in [0.3, 0.4) is 0 Å². The Labute approximate surface area is 127 Å². The van der Waals surface area contributed by atoms with Crippen molar-refractivity contribution in [2.75, 3.05) is 20.1 Å². The van der Waals surface area contributed by atoms with E-state index < -0.39 is 6.36 Å². The third-order valence-electron chi connectivity index (χ3n) is 3.86. The zero-order chi connectivity index (χ0) is 16.3. The number of hydrogen-bond acceptors (Lipinski definition) is 3. The Morgan fingerprint density at radius 2 is 1.95 bits per heavy atom. The van der Waals surface area contributed by atoms with Crippen LogP contribution in [0.25, 0.3) is 0 Å². The molecule has 1 fully saturated rings. The Bertz CT molecular complexity index is 513. The van der Waals surface area contributed by atoms with E-state index in [0.717, 1.165) is 18.7 Å². The molecule has 1 aliphatic heterocycles. The standard InChI is InChI=1S/C15H19F3N2O2/c1-10(12-7-19-8-12)14(21)20(2)9-11-3-5-13(6-4-11)22-15(16,17)18/h3-6,10,12,19H,7-9H2,1-2H3. The molecule has 0 aromatic heterocycles. The summed E-state index contributed by atoms with van der Waals surface area (Å²) in [6, 6.07) is 5.56. The first-order valence-electron chi connectivity index (χ1n) is 7.06. The van der Waals surface area contributed by atoms with Crippen molar-refractivity contribution in [1.29, 1.82) is 0 Å². The molecule has 2 rings (SSSR count). The average Bonchev–Trinajstić information content (AvgIpc) is 2.36. The number of ether oxygens (including phenoxy) is 1. The van der Waals surface area contributed by atoms with Crippen LogP contribution in [0.4, 0.5) is 13.2 Å². The monoisotopic (exact) mass is 316 g/mol. The molecular formula is C15H19F3N2O2. The van der Waals surface area contributed by atoms with Crippen molar-refractivity contribution in [2.24, 2.45) is 11.8 Å². The first kappa shape index (κ1) is 16.6. The number of nitrogens with one attached hydrogen (secondary N) is 1. The number of amides is 1. The first-order valence-corrected chi connectivity index (χ1v) is 7.06. The van der Waals surface area contributed by atoms with Crippen LogP contribution >= 0.6 is 0 Å². The molecule has 1 aromatic rings. The maximum Gasteiger partial charge on any atom is 0.573 e. The Balaban J connectivity index is 1.90. The fraction of sp³-hybridized carbons (Fsp3) is 0.533. The van der Waals surface area contributed by atoms with Crippen molar-refractivity contribution >= 4 is 5.91 Å². The molecule has 0 spiro atoms. The zero-order valence-corrected chi connectivity index (χ0v) is 12.5. The number of benzene rings is 1. The maximum atomic E-state index is 12.3. The van der Waals surface area contributed by atoms with Gasteiger partial charge in [0, 0.05) is 19.5 Å². The molecule has 1 amide bonds. The summed E-state index contributed by atoms with van der Waals surface area (Å²) in [6.07, 6.45) is -4.69. The minimum Gasteiger partial charge on any atom is -0.406 e. The van der Waals surface area contributed by atoms with Gasteiger partial charge in [-0.25, -0.2) is 0 Å². The second kappa shape index (κ2) is 6.56. The Kier molecular flexibility index (Phi) is 4.95. The van der Waals surface area contributed by atoms with E-state index >= 15 is 0 Å².